The lowest BCUT2D eigenvalue weighted by molar-refractivity contribution is 0.0902. The molecule has 2 aromatic rings. The van der Waals surface area contributed by atoms with Crippen LogP contribution < -0.4 is 14.8 Å². The summed E-state index contributed by atoms with van der Waals surface area (Å²) in [4.78, 5) is 17.4. The van der Waals surface area contributed by atoms with Gasteiger partial charge in [-0.15, -0.1) is 0 Å². The zero-order valence-corrected chi connectivity index (χ0v) is 15.1. The first-order chi connectivity index (χ1) is 13.3. The molecule has 0 saturated carbocycles. The van der Waals surface area contributed by atoms with Crippen LogP contribution in [0.15, 0.2) is 48.5 Å². The highest BCUT2D eigenvalue weighted by atomic mass is 16.7. The van der Waals surface area contributed by atoms with E-state index in [0.717, 1.165) is 43.9 Å². The lowest BCUT2D eigenvalue weighted by Crippen LogP contribution is -2.56. The summed E-state index contributed by atoms with van der Waals surface area (Å²) < 4.78 is 10.7. The van der Waals surface area contributed by atoms with E-state index < -0.39 is 0 Å². The van der Waals surface area contributed by atoms with Crippen LogP contribution in [-0.4, -0.2) is 47.8 Å². The number of hydrogen-bond donors (Lipinski definition) is 1. The Hall–Kier alpha value is -2.73. The molecule has 0 unspecified atom stereocenters. The number of amides is 2. The van der Waals surface area contributed by atoms with E-state index >= 15 is 0 Å². The summed E-state index contributed by atoms with van der Waals surface area (Å²) in [5.41, 5.74) is 2.07. The molecule has 1 N–H and O–H groups in total. The number of nitrogens with one attached hydrogen (secondary N) is 1. The van der Waals surface area contributed by atoms with Crippen LogP contribution in [0.3, 0.4) is 0 Å². The van der Waals surface area contributed by atoms with Crippen LogP contribution in [-0.2, 0) is 6.54 Å². The van der Waals surface area contributed by atoms with Crippen molar-refractivity contribution < 1.29 is 14.3 Å². The van der Waals surface area contributed by atoms with E-state index in [4.69, 9.17) is 9.47 Å². The number of carbonyl (C=O) groups excluding carboxylic acids is 1. The van der Waals surface area contributed by atoms with Crippen LogP contribution >= 0.6 is 0 Å². The number of carbonyl (C=O) groups is 1. The third-order valence-corrected chi connectivity index (χ3v) is 5.67. The zero-order chi connectivity index (χ0) is 18.2. The van der Waals surface area contributed by atoms with Crippen molar-refractivity contribution in [2.24, 2.45) is 0 Å². The third-order valence-electron chi connectivity index (χ3n) is 5.67. The summed E-state index contributed by atoms with van der Waals surface area (Å²) in [5.74, 6) is 1.41. The Morgan fingerprint density at radius 1 is 1.00 bits per heavy atom. The molecule has 2 saturated heterocycles. The van der Waals surface area contributed by atoms with Crippen molar-refractivity contribution in [2.75, 3.05) is 25.2 Å². The molecule has 6 heteroatoms. The van der Waals surface area contributed by atoms with E-state index in [-0.39, 0.29) is 24.9 Å². The van der Waals surface area contributed by atoms with Crippen molar-refractivity contribution in [3.8, 4) is 11.5 Å². The lowest BCUT2D eigenvalue weighted by Gasteiger charge is -2.41. The van der Waals surface area contributed by atoms with E-state index in [1.165, 1.54) is 5.56 Å². The van der Waals surface area contributed by atoms with Gasteiger partial charge in [0.2, 0.25) is 6.79 Å². The summed E-state index contributed by atoms with van der Waals surface area (Å²) in [6, 6.07) is 16.6. The molecule has 2 aromatic carbocycles. The number of piperazine rings is 1. The van der Waals surface area contributed by atoms with E-state index in [0.29, 0.717) is 5.75 Å². The van der Waals surface area contributed by atoms with Gasteiger partial charge in [0.05, 0.1) is 0 Å². The number of benzene rings is 2. The van der Waals surface area contributed by atoms with Gasteiger partial charge in [0.25, 0.3) is 0 Å². The molecule has 0 aromatic heterocycles. The molecule has 2 fully saturated rings. The Bertz CT molecular complexity index is 828. The van der Waals surface area contributed by atoms with E-state index in [9.17, 15) is 4.79 Å². The molecule has 0 radical (unpaired) electrons. The quantitative estimate of drug-likeness (QED) is 0.907. The van der Waals surface area contributed by atoms with Crippen molar-refractivity contribution in [1.82, 2.24) is 9.80 Å². The summed E-state index contributed by atoms with van der Waals surface area (Å²) >= 11 is 0. The molecule has 0 spiro atoms. The molecule has 2 atom stereocenters. The van der Waals surface area contributed by atoms with Crippen LogP contribution in [0.4, 0.5) is 10.5 Å². The normalized spacial score (nSPS) is 23.5. The van der Waals surface area contributed by atoms with Gasteiger partial charge in [0.15, 0.2) is 11.5 Å². The molecule has 0 aliphatic carbocycles. The summed E-state index contributed by atoms with van der Waals surface area (Å²) in [5, 5.41) is 3.04. The average Bonchev–Trinajstić information content (AvgIpc) is 3.24. The summed E-state index contributed by atoms with van der Waals surface area (Å²) in [6.07, 6.45) is 2.15. The van der Waals surface area contributed by atoms with Gasteiger partial charge >= 0.3 is 6.03 Å². The van der Waals surface area contributed by atoms with Crippen molar-refractivity contribution >= 4 is 11.7 Å². The number of likely N-dealkylation sites (tertiary alicyclic amines) is 1. The SMILES string of the molecule is O=C(Nc1ccc2c(c1)OCO2)N1[C@@H]2CC[C@H]1CN(Cc1ccccc1)C2. The van der Waals surface area contributed by atoms with Crippen LogP contribution in [0.25, 0.3) is 0 Å². The number of rotatable bonds is 3. The average molecular weight is 365 g/mol. The zero-order valence-electron chi connectivity index (χ0n) is 15.1. The smallest absolute Gasteiger partial charge is 0.322 e. The maximum Gasteiger partial charge on any atom is 0.322 e. The van der Waals surface area contributed by atoms with E-state index in [1.54, 1.807) is 0 Å². The Balaban J connectivity index is 1.24. The van der Waals surface area contributed by atoms with Crippen molar-refractivity contribution in [3.05, 3.63) is 54.1 Å². The molecule has 2 bridgehead atoms. The Morgan fingerprint density at radius 3 is 2.52 bits per heavy atom. The van der Waals surface area contributed by atoms with Gasteiger partial charge in [-0.25, -0.2) is 4.79 Å². The number of fused-ring (bicyclic) bond motifs is 3. The highest BCUT2D eigenvalue weighted by Crippen LogP contribution is 2.35. The minimum Gasteiger partial charge on any atom is -0.454 e. The fraction of sp³-hybridized carbons (Fsp3) is 0.381. The minimum absolute atomic E-state index is 0.0132. The molecule has 3 heterocycles. The predicted octanol–water partition coefficient (Wildman–Crippen LogP) is 3.30. The first kappa shape index (κ1) is 16.4. The molecule has 6 nitrogen and oxygen atoms in total. The molecule has 2 amide bonds. The van der Waals surface area contributed by atoms with Crippen molar-refractivity contribution in [1.29, 1.82) is 0 Å². The molecular formula is C21H23N3O3. The topological polar surface area (TPSA) is 54.0 Å². The van der Waals surface area contributed by atoms with Gasteiger partial charge in [0, 0.05) is 43.5 Å². The van der Waals surface area contributed by atoms with Crippen molar-refractivity contribution in [2.45, 2.75) is 31.5 Å². The number of anilines is 1. The van der Waals surface area contributed by atoms with Gasteiger partial charge in [-0.05, 0) is 30.5 Å². The maximum atomic E-state index is 12.9. The largest absolute Gasteiger partial charge is 0.454 e. The molecule has 5 rings (SSSR count). The molecule has 3 aliphatic rings. The fourth-order valence-electron chi connectivity index (χ4n) is 4.45. The Labute approximate surface area is 158 Å². The second-order valence-electron chi connectivity index (χ2n) is 7.47. The second-order valence-corrected chi connectivity index (χ2v) is 7.47. The van der Waals surface area contributed by atoms with Gasteiger partial charge in [-0.2, -0.15) is 0 Å². The Morgan fingerprint density at radius 2 is 1.74 bits per heavy atom. The van der Waals surface area contributed by atoms with Crippen LogP contribution in [0, 0.1) is 0 Å². The van der Waals surface area contributed by atoms with Gasteiger partial charge in [-0.3, -0.25) is 4.90 Å². The number of nitrogens with zero attached hydrogens (tertiary/aromatic N) is 2. The van der Waals surface area contributed by atoms with Gasteiger partial charge in [-0.1, -0.05) is 30.3 Å². The Kier molecular flexibility index (Phi) is 4.13. The third kappa shape index (κ3) is 3.21. The lowest BCUT2D eigenvalue weighted by atomic mass is 10.1. The highest BCUT2D eigenvalue weighted by molar-refractivity contribution is 5.90. The van der Waals surface area contributed by atoms with Crippen LogP contribution in [0.5, 0.6) is 11.5 Å². The molecule has 27 heavy (non-hydrogen) atoms. The van der Waals surface area contributed by atoms with Crippen LogP contribution in [0.1, 0.15) is 18.4 Å². The summed E-state index contributed by atoms with van der Waals surface area (Å²) in [7, 11) is 0. The van der Waals surface area contributed by atoms with Gasteiger partial charge < -0.3 is 19.7 Å². The van der Waals surface area contributed by atoms with E-state index in [2.05, 4.69) is 34.5 Å². The van der Waals surface area contributed by atoms with Crippen LogP contribution in [0.2, 0.25) is 0 Å². The fourth-order valence-corrected chi connectivity index (χ4v) is 4.45. The first-order valence-electron chi connectivity index (χ1n) is 9.51. The number of urea groups is 1. The highest BCUT2D eigenvalue weighted by Gasteiger charge is 2.42. The molecular weight excluding hydrogens is 342 g/mol. The maximum absolute atomic E-state index is 12.9. The monoisotopic (exact) mass is 365 g/mol. The number of ether oxygens (including phenoxy) is 2. The van der Waals surface area contributed by atoms with Crippen molar-refractivity contribution in [3.63, 3.8) is 0 Å². The van der Waals surface area contributed by atoms with Gasteiger partial charge in [0.1, 0.15) is 0 Å². The molecule has 140 valence electrons. The predicted molar refractivity (Wildman–Crippen MR) is 102 cm³/mol. The summed E-state index contributed by atoms with van der Waals surface area (Å²) in [6.45, 7) is 3.05. The standard InChI is InChI=1S/C21H23N3O3/c25-21(22-16-6-9-19-20(10-16)27-14-26-19)24-17-7-8-18(24)13-23(12-17)11-15-4-2-1-3-5-15/h1-6,9-10,17-18H,7-8,11-14H2,(H,22,25)/t17-,18+. The van der Waals surface area contributed by atoms with E-state index in [1.807, 2.05) is 29.2 Å². The second kappa shape index (κ2) is 6.78. The first-order valence-corrected chi connectivity index (χ1v) is 9.51. The minimum atomic E-state index is -0.0132. The molecule has 3 aliphatic heterocycles. The number of hydrogen-bond acceptors (Lipinski definition) is 4.